The fraction of sp³-hybridized carbons (Fsp3) is 0.909. The van der Waals surface area contributed by atoms with Gasteiger partial charge in [0, 0.05) is 12.1 Å². The quantitative estimate of drug-likeness (QED) is 0.569. The zero-order valence-electron chi connectivity index (χ0n) is 18.5. The van der Waals surface area contributed by atoms with Crippen molar-refractivity contribution in [2.24, 2.45) is 11.8 Å². The highest BCUT2D eigenvalue weighted by molar-refractivity contribution is 7.90. The van der Waals surface area contributed by atoms with Crippen molar-refractivity contribution < 1.29 is 27.1 Å². The number of sulfonamides is 1. The number of alkyl halides is 1. The van der Waals surface area contributed by atoms with Crippen molar-refractivity contribution in [1.82, 2.24) is 10.0 Å². The van der Waals surface area contributed by atoms with Gasteiger partial charge in [-0.05, 0) is 57.3 Å². The van der Waals surface area contributed by atoms with Crippen LogP contribution in [0.1, 0.15) is 84.0 Å². The van der Waals surface area contributed by atoms with Crippen LogP contribution in [0.25, 0.3) is 0 Å². The van der Waals surface area contributed by atoms with Gasteiger partial charge in [0.15, 0.2) is 6.61 Å². The molecule has 0 aromatic rings. The molecule has 5 unspecified atom stereocenters. The maximum atomic E-state index is 13.8. The molecule has 5 atom stereocenters. The van der Waals surface area contributed by atoms with Crippen LogP contribution in [-0.2, 0) is 24.3 Å². The van der Waals surface area contributed by atoms with Crippen LogP contribution in [0.5, 0.6) is 0 Å². The van der Waals surface area contributed by atoms with E-state index in [9.17, 15) is 22.4 Å². The van der Waals surface area contributed by atoms with E-state index in [2.05, 4.69) is 10.0 Å². The van der Waals surface area contributed by atoms with Gasteiger partial charge in [0.1, 0.15) is 6.17 Å². The first-order valence-electron chi connectivity index (χ1n) is 11.9. The van der Waals surface area contributed by atoms with E-state index in [1.165, 1.54) is 6.42 Å². The monoisotopic (exact) mass is 460 g/mol. The van der Waals surface area contributed by atoms with Crippen molar-refractivity contribution in [3.8, 4) is 0 Å². The van der Waals surface area contributed by atoms with E-state index in [1.807, 2.05) is 6.92 Å². The molecular weight excluding hydrogens is 423 g/mol. The van der Waals surface area contributed by atoms with E-state index in [0.29, 0.717) is 38.5 Å². The maximum Gasteiger partial charge on any atom is 0.309 e. The summed E-state index contributed by atoms with van der Waals surface area (Å²) in [5, 5.41) is 2.19. The number of carbonyl (C=O) groups excluding carboxylic acids is 2. The topological polar surface area (TPSA) is 102 Å². The van der Waals surface area contributed by atoms with Crippen LogP contribution in [0.4, 0.5) is 4.39 Å². The Morgan fingerprint density at radius 1 is 0.935 bits per heavy atom. The van der Waals surface area contributed by atoms with Crippen molar-refractivity contribution in [2.45, 2.75) is 107 Å². The summed E-state index contributed by atoms with van der Waals surface area (Å²) < 4.78 is 47.5. The molecule has 1 amide bonds. The zero-order chi connectivity index (χ0) is 22.4. The molecule has 0 bridgehead atoms. The van der Waals surface area contributed by atoms with E-state index in [0.717, 1.165) is 25.7 Å². The SMILES string of the molecule is CC1CCC(F)CC1S(=O)(=O)NC1CCCC(C(=O)OCC(=O)NC2CCCCC2)C1. The zero-order valence-corrected chi connectivity index (χ0v) is 19.3. The average molecular weight is 461 g/mol. The molecule has 3 aliphatic carbocycles. The number of esters is 1. The first-order valence-corrected chi connectivity index (χ1v) is 13.4. The van der Waals surface area contributed by atoms with Crippen LogP contribution in [0.2, 0.25) is 0 Å². The highest BCUT2D eigenvalue weighted by atomic mass is 32.2. The molecular formula is C22H37FN2O5S. The van der Waals surface area contributed by atoms with E-state index in [4.69, 9.17) is 4.74 Å². The Morgan fingerprint density at radius 3 is 2.39 bits per heavy atom. The summed E-state index contributed by atoms with van der Waals surface area (Å²) in [6.07, 6.45) is 7.59. The summed E-state index contributed by atoms with van der Waals surface area (Å²) in [6, 6.07) is -0.195. The minimum absolute atomic E-state index is 0.0325. The second-order valence-corrected chi connectivity index (χ2v) is 11.6. The number of hydrogen-bond acceptors (Lipinski definition) is 5. The Kier molecular flexibility index (Phi) is 8.73. The van der Waals surface area contributed by atoms with Gasteiger partial charge >= 0.3 is 5.97 Å². The molecule has 3 fully saturated rings. The highest BCUT2D eigenvalue weighted by Gasteiger charge is 2.39. The van der Waals surface area contributed by atoms with Gasteiger partial charge in [-0.15, -0.1) is 0 Å². The Labute approximate surface area is 185 Å². The molecule has 3 rings (SSSR count). The van der Waals surface area contributed by atoms with E-state index >= 15 is 0 Å². The Bertz CT molecular complexity index is 725. The van der Waals surface area contributed by atoms with E-state index in [-0.39, 0.29) is 36.9 Å². The van der Waals surface area contributed by atoms with Gasteiger partial charge in [-0.1, -0.05) is 32.6 Å². The normalized spacial score (nSPS) is 32.9. The molecule has 0 aliphatic heterocycles. The molecule has 2 N–H and O–H groups in total. The van der Waals surface area contributed by atoms with Crippen LogP contribution < -0.4 is 10.0 Å². The standard InChI is InChI=1S/C22H37FN2O5S/c1-15-10-11-17(23)13-20(15)31(28,29)25-19-9-5-6-16(12-19)22(27)30-14-21(26)24-18-7-3-2-4-8-18/h15-20,25H,2-14H2,1H3,(H,24,26). The fourth-order valence-electron chi connectivity index (χ4n) is 5.27. The van der Waals surface area contributed by atoms with Gasteiger partial charge in [-0.3, -0.25) is 9.59 Å². The lowest BCUT2D eigenvalue weighted by Gasteiger charge is -2.34. The van der Waals surface area contributed by atoms with Crippen molar-refractivity contribution in [3.63, 3.8) is 0 Å². The van der Waals surface area contributed by atoms with Crippen LogP contribution in [-0.4, -0.2) is 50.4 Å². The predicted molar refractivity (Wildman–Crippen MR) is 115 cm³/mol. The van der Waals surface area contributed by atoms with Crippen LogP contribution in [0.15, 0.2) is 0 Å². The van der Waals surface area contributed by atoms with Crippen molar-refractivity contribution >= 4 is 21.9 Å². The maximum absolute atomic E-state index is 13.8. The molecule has 0 saturated heterocycles. The number of rotatable bonds is 7. The fourth-order valence-corrected chi connectivity index (χ4v) is 7.33. The second kappa shape index (κ2) is 11.1. The minimum atomic E-state index is -3.66. The molecule has 0 aromatic heterocycles. The largest absolute Gasteiger partial charge is 0.455 e. The van der Waals surface area contributed by atoms with E-state index in [1.54, 1.807) is 0 Å². The number of ether oxygens (including phenoxy) is 1. The summed E-state index contributed by atoms with van der Waals surface area (Å²) >= 11 is 0. The van der Waals surface area contributed by atoms with Crippen LogP contribution in [0.3, 0.4) is 0 Å². The van der Waals surface area contributed by atoms with Gasteiger partial charge in [0.05, 0.1) is 11.2 Å². The summed E-state index contributed by atoms with van der Waals surface area (Å²) in [5.41, 5.74) is 0. The second-order valence-electron chi connectivity index (χ2n) is 9.66. The number of nitrogens with one attached hydrogen (secondary N) is 2. The van der Waals surface area contributed by atoms with E-state index < -0.39 is 33.3 Å². The van der Waals surface area contributed by atoms with Crippen molar-refractivity contribution in [3.05, 3.63) is 0 Å². The smallest absolute Gasteiger partial charge is 0.309 e. The summed E-state index contributed by atoms with van der Waals surface area (Å²) in [5.74, 6) is -1.24. The van der Waals surface area contributed by atoms with Gasteiger partial charge in [-0.25, -0.2) is 17.5 Å². The van der Waals surface area contributed by atoms with Crippen molar-refractivity contribution in [2.75, 3.05) is 6.61 Å². The lowest BCUT2D eigenvalue weighted by Crippen LogP contribution is -2.48. The van der Waals surface area contributed by atoms with Crippen LogP contribution in [0, 0.1) is 11.8 Å². The van der Waals surface area contributed by atoms with Crippen LogP contribution >= 0.6 is 0 Å². The van der Waals surface area contributed by atoms with Gasteiger partial charge in [-0.2, -0.15) is 0 Å². The Hall–Kier alpha value is -1.22. The minimum Gasteiger partial charge on any atom is -0.455 e. The molecule has 0 spiro atoms. The third kappa shape index (κ3) is 7.14. The van der Waals surface area contributed by atoms with Gasteiger partial charge < -0.3 is 10.1 Å². The molecule has 0 heterocycles. The lowest BCUT2D eigenvalue weighted by molar-refractivity contribution is -0.154. The molecule has 31 heavy (non-hydrogen) atoms. The van der Waals surface area contributed by atoms with Gasteiger partial charge in [0.2, 0.25) is 10.0 Å². The first kappa shape index (κ1) is 24.4. The third-order valence-corrected chi connectivity index (χ3v) is 9.23. The predicted octanol–water partition coefficient (Wildman–Crippen LogP) is 2.98. The molecule has 178 valence electrons. The number of hydrogen-bond donors (Lipinski definition) is 2. The Morgan fingerprint density at radius 2 is 1.65 bits per heavy atom. The number of halogens is 1. The number of amides is 1. The third-order valence-electron chi connectivity index (χ3n) is 7.11. The molecule has 3 aliphatic rings. The average Bonchev–Trinajstić information content (AvgIpc) is 2.74. The lowest BCUT2D eigenvalue weighted by atomic mass is 9.86. The molecule has 9 heteroatoms. The number of carbonyl (C=O) groups is 2. The molecule has 0 aromatic carbocycles. The molecule has 7 nitrogen and oxygen atoms in total. The molecule has 3 saturated carbocycles. The molecule has 0 radical (unpaired) electrons. The highest BCUT2D eigenvalue weighted by Crippen LogP contribution is 2.32. The summed E-state index contributed by atoms with van der Waals surface area (Å²) in [4.78, 5) is 24.5. The summed E-state index contributed by atoms with van der Waals surface area (Å²) in [7, 11) is -3.66. The van der Waals surface area contributed by atoms with Crippen molar-refractivity contribution in [1.29, 1.82) is 0 Å². The first-order chi connectivity index (χ1) is 14.7. The van der Waals surface area contributed by atoms with Gasteiger partial charge in [0.25, 0.3) is 5.91 Å². The Balaban J connectivity index is 1.45. The summed E-state index contributed by atoms with van der Waals surface area (Å²) in [6.45, 7) is 1.56.